The Hall–Kier alpha value is -2.66. The van der Waals surface area contributed by atoms with Crippen molar-refractivity contribution in [3.05, 3.63) is 70.8 Å². The van der Waals surface area contributed by atoms with Gasteiger partial charge in [0.05, 0.1) is 12.6 Å². The lowest BCUT2D eigenvalue weighted by Gasteiger charge is -2.29. The van der Waals surface area contributed by atoms with Gasteiger partial charge in [0.1, 0.15) is 0 Å². The molecule has 1 N–H and O–H groups in total. The summed E-state index contributed by atoms with van der Waals surface area (Å²) in [6.45, 7) is 5.04. The van der Waals surface area contributed by atoms with Crippen molar-refractivity contribution >= 4 is 11.9 Å². The first-order chi connectivity index (χ1) is 13.0. The molecule has 0 bridgehead atoms. The summed E-state index contributed by atoms with van der Waals surface area (Å²) in [5, 5.41) is 3.00. The predicted molar refractivity (Wildman–Crippen MR) is 102 cm³/mol. The van der Waals surface area contributed by atoms with E-state index in [1.807, 2.05) is 62.4 Å². The molecule has 2 aliphatic heterocycles. The summed E-state index contributed by atoms with van der Waals surface area (Å²) >= 11 is 0. The Morgan fingerprint density at radius 3 is 2.52 bits per heavy atom. The largest absolute Gasteiger partial charge is 0.376 e. The molecule has 27 heavy (non-hydrogen) atoms. The number of hydrogen-bond donors (Lipinski definition) is 1. The summed E-state index contributed by atoms with van der Waals surface area (Å²) < 4.78 is 5.65. The van der Waals surface area contributed by atoms with Crippen molar-refractivity contribution in [1.29, 1.82) is 0 Å². The van der Waals surface area contributed by atoms with Crippen LogP contribution in [0.2, 0.25) is 0 Å². The smallest absolute Gasteiger partial charge is 0.325 e. The molecular weight excluding hydrogens is 340 g/mol. The number of benzene rings is 2. The Kier molecular flexibility index (Phi) is 4.48. The van der Waals surface area contributed by atoms with Gasteiger partial charge in [-0.15, -0.1) is 0 Å². The number of nitrogens with zero attached hydrogens (tertiary/aromatic N) is 1. The molecule has 2 fully saturated rings. The van der Waals surface area contributed by atoms with E-state index in [9.17, 15) is 9.59 Å². The molecule has 2 saturated heterocycles. The van der Waals surface area contributed by atoms with Crippen molar-refractivity contribution in [2.24, 2.45) is 0 Å². The second-order valence-electron chi connectivity index (χ2n) is 7.40. The number of ether oxygens (including phenoxy) is 1. The molecule has 0 radical (unpaired) electrons. The highest BCUT2D eigenvalue weighted by molar-refractivity contribution is 6.09. The Labute approximate surface area is 159 Å². The number of aryl methyl sites for hydroxylation is 2. The molecule has 0 aliphatic carbocycles. The Morgan fingerprint density at radius 1 is 1.07 bits per heavy atom. The summed E-state index contributed by atoms with van der Waals surface area (Å²) in [5.41, 5.74) is 2.58. The molecule has 0 aromatic heterocycles. The van der Waals surface area contributed by atoms with Crippen LogP contribution in [0.25, 0.3) is 0 Å². The maximum atomic E-state index is 13.6. The minimum absolute atomic E-state index is 0.0778. The molecule has 4 rings (SSSR count). The van der Waals surface area contributed by atoms with Crippen LogP contribution in [0.4, 0.5) is 4.79 Å². The first kappa shape index (κ1) is 17.7. The van der Waals surface area contributed by atoms with Crippen LogP contribution < -0.4 is 5.32 Å². The molecule has 0 unspecified atom stereocenters. The fourth-order valence-corrected chi connectivity index (χ4v) is 3.95. The van der Waals surface area contributed by atoms with Gasteiger partial charge in [-0.05, 0) is 48.9 Å². The highest BCUT2D eigenvalue weighted by Gasteiger charge is 2.54. The quantitative estimate of drug-likeness (QED) is 0.847. The van der Waals surface area contributed by atoms with E-state index in [0.717, 1.165) is 35.1 Å². The van der Waals surface area contributed by atoms with Crippen molar-refractivity contribution in [1.82, 2.24) is 10.2 Å². The van der Waals surface area contributed by atoms with Gasteiger partial charge in [-0.25, -0.2) is 4.79 Å². The fraction of sp³-hybridized carbons (Fsp3) is 0.364. The first-order valence-electron chi connectivity index (χ1n) is 9.41. The van der Waals surface area contributed by atoms with Gasteiger partial charge in [0.2, 0.25) is 0 Å². The molecule has 2 heterocycles. The van der Waals surface area contributed by atoms with Crippen LogP contribution in [0.3, 0.4) is 0 Å². The third-order valence-corrected chi connectivity index (χ3v) is 5.66. The second-order valence-corrected chi connectivity index (χ2v) is 7.40. The van der Waals surface area contributed by atoms with E-state index in [-0.39, 0.29) is 18.0 Å². The molecule has 3 amide bonds. The van der Waals surface area contributed by atoms with Gasteiger partial charge in [0.15, 0.2) is 5.54 Å². The topological polar surface area (TPSA) is 58.6 Å². The fourth-order valence-electron chi connectivity index (χ4n) is 3.95. The van der Waals surface area contributed by atoms with Gasteiger partial charge in [-0.3, -0.25) is 9.69 Å². The lowest BCUT2D eigenvalue weighted by atomic mass is 9.81. The number of carbonyl (C=O) groups excluding carboxylic acids is 2. The monoisotopic (exact) mass is 364 g/mol. The lowest BCUT2D eigenvalue weighted by Crippen LogP contribution is -2.45. The summed E-state index contributed by atoms with van der Waals surface area (Å²) in [4.78, 5) is 27.8. The lowest BCUT2D eigenvalue weighted by molar-refractivity contribution is -0.131. The van der Waals surface area contributed by atoms with E-state index in [1.165, 1.54) is 4.90 Å². The van der Waals surface area contributed by atoms with E-state index < -0.39 is 5.54 Å². The Balaban J connectivity index is 1.80. The van der Waals surface area contributed by atoms with Crippen molar-refractivity contribution < 1.29 is 14.3 Å². The molecule has 5 nitrogen and oxygen atoms in total. The molecule has 140 valence electrons. The second kappa shape index (κ2) is 6.82. The zero-order valence-electron chi connectivity index (χ0n) is 15.7. The van der Waals surface area contributed by atoms with Crippen LogP contribution in [0.1, 0.15) is 35.1 Å². The third-order valence-electron chi connectivity index (χ3n) is 5.66. The summed E-state index contributed by atoms with van der Waals surface area (Å²) in [5.74, 6) is -0.238. The van der Waals surface area contributed by atoms with Gasteiger partial charge in [-0.2, -0.15) is 0 Å². The number of carbonyl (C=O) groups is 2. The van der Waals surface area contributed by atoms with E-state index in [4.69, 9.17) is 4.74 Å². The number of imide groups is 1. The van der Waals surface area contributed by atoms with Crippen LogP contribution in [0.15, 0.2) is 48.5 Å². The van der Waals surface area contributed by atoms with Crippen LogP contribution in [-0.2, 0) is 15.1 Å². The molecule has 2 aromatic carbocycles. The third kappa shape index (κ3) is 2.92. The first-order valence-corrected chi connectivity index (χ1v) is 9.41. The van der Waals surface area contributed by atoms with Gasteiger partial charge >= 0.3 is 6.03 Å². The number of urea groups is 1. The maximum Gasteiger partial charge on any atom is 0.325 e. The van der Waals surface area contributed by atoms with Gasteiger partial charge in [-0.1, -0.05) is 48.5 Å². The highest BCUT2D eigenvalue weighted by atomic mass is 16.5. The van der Waals surface area contributed by atoms with Crippen LogP contribution in [0, 0.1) is 13.8 Å². The Bertz CT molecular complexity index is 874. The molecule has 2 aromatic rings. The molecule has 2 atom stereocenters. The minimum atomic E-state index is -1.20. The zero-order chi connectivity index (χ0) is 19.0. The van der Waals surface area contributed by atoms with Crippen LogP contribution in [-0.4, -0.2) is 36.1 Å². The van der Waals surface area contributed by atoms with Crippen molar-refractivity contribution in [3.8, 4) is 0 Å². The number of rotatable bonds is 4. The van der Waals surface area contributed by atoms with Crippen LogP contribution >= 0.6 is 0 Å². The molecule has 2 aliphatic rings. The highest BCUT2D eigenvalue weighted by Crippen LogP contribution is 2.37. The van der Waals surface area contributed by atoms with Gasteiger partial charge < -0.3 is 10.1 Å². The van der Waals surface area contributed by atoms with E-state index in [2.05, 4.69) is 5.32 Å². The summed E-state index contributed by atoms with van der Waals surface area (Å²) in [7, 11) is 0. The van der Waals surface area contributed by atoms with Crippen LogP contribution in [0.5, 0.6) is 0 Å². The summed E-state index contributed by atoms with van der Waals surface area (Å²) in [6.07, 6.45) is 1.76. The SMILES string of the molecule is Cc1ccc([C@@]2(c3ccccc3)NC(=O)N(C[C@H]3CCCO3)C2=O)cc1C. The van der Waals surface area contributed by atoms with E-state index >= 15 is 0 Å². The van der Waals surface area contributed by atoms with Gasteiger partial charge in [0.25, 0.3) is 5.91 Å². The van der Waals surface area contributed by atoms with Crippen molar-refractivity contribution in [2.45, 2.75) is 38.3 Å². The van der Waals surface area contributed by atoms with E-state index in [1.54, 1.807) is 0 Å². The van der Waals surface area contributed by atoms with Gasteiger partial charge in [0, 0.05) is 6.61 Å². The average molecular weight is 364 g/mol. The molecular formula is C22H24N2O3. The standard InChI is InChI=1S/C22H24N2O3/c1-15-10-11-18(13-16(15)2)22(17-7-4-3-5-8-17)20(25)24(21(26)23-22)14-19-9-6-12-27-19/h3-5,7-8,10-11,13,19H,6,9,12,14H2,1-2H3,(H,23,26)/t19-,22-/m1/s1. The molecule has 5 heteroatoms. The molecule has 0 spiro atoms. The summed E-state index contributed by atoms with van der Waals surface area (Å²) in [6, 6.07) is 15.0. The maximum absolute atomic E-state index is 13.6. The Morgan fingerprint density at radius 2 is 1.85 bits per heavy atom. The van der Waals surface area contributed by atoms with E-state index in [0.29, 0.717) is 13.2 Å². The predicted octanol–water partition coefficient (Wildman–Crippen LogP) is 3.28. The number of amides is 3. The zero-order valence-corrected chi connectivity index (χ0v) is 15.7. The van der Waals surface area contributed by atoms with Crippen molar-refractivity contribution in [2.75, 3.05) is 13.2 Å². The minimum Gasteiger partial charge on any atom is -0.376 e. The molecule has 0 saturated carbocycles. The van der Waals surface area contributed by atoms with Crippen molar-refractivity contribution in [3.63, 3.8) is 0 Å². The average Bonchev–Trinajstić information content (AvgIpc) is 3.27. The number of hydrogen-bond acceptors (Lipinski definition) is 3. The number of nitrogens with one attached hydrogen (secondary N) is 1. The normalized spacial score (nSPS) is 25.1.